The van der Waals surface area contributed by atoms with E-state index in [1.165, 1.54) is 31.4 Å². The summed E-state index contributed by atoms with van der Waals surface area (Å²) in [7, 11) is 0. The quantitative estimate of drug-likeness (QED) is 0.0501. The summed E-state index contributed by atoms with van der Waals surface area (Å²) in [4.78, 5) is 25.4. The standard InChI is InChI=1S/C20H23N4O2S.C8H13ClO2.C2H6.Pd/c21-19(18(23-22)20(25)26)27-17-10-6-15(7-11-17)14-4-8-16(9-5-14)24-12-2-1-3-13-24;9-6-11-8(10)7-4-2-1-3-5-7;1-2;/h4-11H,1-3,12-13,21-22H2,(H,25,26);7H,1-6H2;1-2H3;/q-1;;;/b19-18+;;;. The van der Waals surface area contributed by atoms with E-state index in [2.05, 4.69) is 34.6 Å². The second-order valence-corrected chi connectivity index (χ2v) is 10.6. The van der Waals surface area contributed by atoms with Crippen LogP contribution in [-0.4, -0.2) is 36.2 Å². The van der Waals surface area contributed by atoms with Gasteiger partial charge in [-0.1, -0.05) is 80.7 Å². The van der Waals surface area contributed by atoms with Gasteiger partial charge < -0.3 is 31.7 Å². The van der Waals surface area contributed by atoms with Crippen LogP contribution < -0.4 is 16.5 Å². The molecule has 0 spiro atoms. The number of nitrogens with two attached hydrogens (primary N) is 2. The van der Waals surface area contributed by atoms with Gasteiger partial charge in [0.25, 0.3) is 0 Å². The van der Waals surface area contributed by atoms with Gasteiger partial charge in [-0.25, -0.2) is 4.79 Å². The topological polar surface area (TPSA) is 133 Å². The number of rotatable bonds is 8. The number of halogens is 1. The SMILES string of the molecule is CC.N[N-]/C(C(=O)O)=C(\N)Sc1ccc(-c2ccc(N3CCCCC3)cc2)cc1.O=C(OCCl)C1CCCCC1.[Pd]. The molecular weight excluding hydrogens is 654 g/mol. The Kier molecular flexibility index (Phi) is 18.5. The summed E-state index contributed by atoms with van der Waals surface area (Å²) in [6.45, 7) is 6.27. The summed E-state index contributed by atoms with van der Waals surface area (Å²) in [5, 5.41) is 9.06. The third-order valence-corrected chi connectivity index (χ3v) is 7.73. The van der Waals surface area contributed by atoms with Crippen LogP contribution in [0.1, 0.15) is 65.2 Å². The number of ether oxygens (including phenoxy) is 1. The van der Waals surface area contributed by atoms with Crippen molar-refractivity contribution in [3.05, 3.63) is 64.7 Å². The van der Waals surface area contributed by atoms with Gasteiger partial charge in [-0.3, -0.25) is 4.79 Å². The first-order chi connectivity index (χ1) is 19.4. The molecule has 8 nitrogen and oxygen atoms in total. The summed E-state index contributed by atoms with van der Waals surface area (Å²) in [6.07, 6.45) is 9.38. The van der Waals surface area contributed by atoms with Crippen LogP contribution in [0.5, 0.6) is 0 Å². The Labute approximate surface area is 267 Å². The smallest absolute Gasteiger partial charge is 0.316 e. The van der Waals surface area contributed by atoms with Gasteiger partial charge in [-0.05, 0) is 73.2 Å². The van der Waals surface area contributed by atoms with E-state index < -0.39 is 5.97 Å². The minimum absolute atomic E-state index is 0. The van der Waals surface area contributed by atoms with Crippen molar-refractivity contribution in [2.24, 2.45) is 17.5 Å². The number of esters is 1. The van der Waals surface area contributed by atoms with Crippen molar-refractivity contribution in [3.8, 4) is 11.1 Å². The van der Waals surface area contributed by atoms with Crippen LogP contribution in [0.3, 0.4) is 0 Å². The van der Waals surface area contributed by atoms with E-state index in [4.69, 9.17) is 33.0 Å². The zero-order valence-corrected chi connectivity index (χ0v) is 26.9. The Balaban J connectivity index is 0.000000505. The molecule has 5 N–H and O–H groups in total. The number of hydrogen-bond acceptors (Lipinski definition) is 7. The molecule has 4 rings (SSSR count). The summed E-state index contributed by atoms with van der Waals surface area (Å²) in [5.74, 6) is 3.86. The molecule has 0 amide bonds. The van der Waals surface area contributed by atoms with Gasteiger partial charge in [-0.15, -0.1) is 0 Å². The average Bonchev–Trinajstić information content (AvgIpc) is 3.00. The number of nitrogens with zero attached hydrogens (tertiary/aromatic N) is 2. The van der Waals surface area contributed by atoms with E-state index >= 15 is 0 Å². The molecule has 1 saturated carbocycles. The molecule has 2 aliphatic rings. The number of carboxylic acid groups (broad SMARTS) is 1. The van der Waals surface area contributed by atoms with E-state index in [1.807, 2.05) is 38.1 Å². The summed E-state index contributed by atoms with van der Waals surface area (Å²) in [5.41, 5.74) is 12.2. The average molecular weight is 697 g/mol. The second kappa shape index (κ2) is 20.6. The maximum absolute atomic E-state index is 11.1. The first kappa shape index (κ1) is 36.8. The second-order valence-electron chi connectivity index (χ2n) is 9.28. The van der Waals surface area contributed by atoms with Gasteiger partial charge in [0.1, 0.15) is 0 Å². The van der Waals surface area contributed by atoms with Crippen molar-refractivity contribution in [3.63, 3.8) is 0 Å². The van der Waals surface area contributed by atoms with E-state index in [1.54, 1.807) is 0 Å². The number of thioether (sulfide) groups is 1. The van der Waals surface area contributed by atoms with Crippen molar-refractivity contribution < 1.29 is 39.9 Å². The molecule has 2 fully saturated rings. The number of piperidine rings is 1. The molecule has 2 aromatic rings. The van der Waals surface area contributed by atoms with Crippen LogP contribution in [0.15, 0.2) is 64.2 Å². The summed E-state index contributed by atoms with van der Waals surface area (Å²) in [6, 6.07) is 16.4. The molecule has 1 saturated heterocycles. The van der Waals surface area contributed by atoms with Gasteiger partial charge >= 0.3 is 11.9 Å². The molecule has 0 radical (unpaired) electrons. The van der Waals surface area contributed by atoms with Gasteiger partial charge in [0, 0.05) is 44.1 Å². The zero-order chi connectivity index (χ0) is 29.3. The molecule has 230 valence electrons. The third kappa shape index (κ3) is 12.3. The number of carbonyl (C=O) groups excluding carboxylic acids is 1. The molecule has 0 atom stereocenters. The normalized spacial score (nSPS) is 15.5. The minimum Gasteiger partial charge on any atom is -0.617 e. The number of carboxylic acids is 1. The third-order valence-electron chi connectivity index (χ3n) is 6.70. The van der Waals surface area contributed by atoms with Gasteiger partial charge in [-0.2, -0.15) is 0 Å². The predicted molar refractivity (Wildman–Crippen MR) is 165 cm³/mol. The Morgan fingerprint density at radius 2 is 1.46 bits per heavy atom. The van der Waals surface area contributed by atoms with Crippen LogP contribution >= 0.6 is 23.4 Å². The van der Waals surface area contributed by atoms with Crippen LogP contribution in [0.25, 0.3) is 16.6 Å². The van der Waals surface area contributed by atoms with Crippen molar-refractivity contribution >= 4 is 41.0 Å². The number of hydrogen-bond donors (Lipinski definition) is 3. The predicted octanol–water partition coefficient (Wildman–Crippen LogP) is 7.23. The molecule has 0 unspecified atom stereocenters. The van der Waals surface area contributed by atoms with Gasteiger partial charge in [0.15, 0.2) is 6.07 Å². The minimum atomic E-state index is -1.24. The van der Waals surface area contributed by atoms with Crippen molar-refractivity contribution in [1.82, 2.24) is 0 Å². The van der Waals surface area contributed by atoms with Crippen LogP contribution in [0.2, 0.25) is 0 Å². The molecule has 1 aliphatic heterocycles. The van der Waals surface area contributed by atoms with E-state index in [-0.39, 0.29) is 49.1 Å². The molecule has 41 heavy (non-hydrogen) atoms. The van der Waals surface area contributed by atoms with Gasteiger partial charge in [0.2, 0.25) is 0 Å². The maximum atomic E-state index is 11.1. The first-order valence-corrected chi connectivity index (χ1v) is 15.3. The largest absolute Gasteiger partial charge is 0.617 e. The van der Waals surface area contributed by atoms with Crippen molar-refractivity contribution in [2.75, 3.05) is 24.1 Å². The Morgan fingerprint density at radius 3 is 1.95 bits per heavy atom. The number of carbonyl (C=O) groups is 2. The molecular formula is C30H42ClN4O4PdS-. The Hall–Kier alpha value is -2.22. The number of anilines is 1. The molecule has 11 heteroatoms. The van der Waals surface area contributed by atoms with E-state index in [9.17, 15) is 9.59 Å². The molecule has 1 heterocycles. The number of alkyl halides is 1. The van der Waals surface area contributed by atoms with Crippen LogP contribution in [-0.2, 0) is 34.7 Å². The Bertz CT molecular complexity index is 1070. The number of aliphatic carboxylic acids is 1. The molecule has 0 aromatic heterocycles. The monoisotopic (exact) mass is 695 g/mol. The van der Waals surface area contributed by atoms with Crippen molar-refractivity contribution in [1.29, 1.82) is 0 Å². The fraction of sp³-hybridized carbons (Fsp3) is 0.467. The van der Waals surface area contributed by atoms with Gasteiger partial charge in [0.05, 0.1) is 10.9 Å². The molecule has 0 bridgehead atoms. The fourth-order valence-corrected chi connectivity index (χ4v) is 5.51. The molecule has 1 aliphatic carbocycles. The first-order valence-electron chi connectivity index (χ1n) is 13.9. The van der Waals surface area contributed by atoms with Crippen LogP contribution in [0.4, 0.5) is 5.69 Å². The summed E-state index contributed by atoms with van der Waals surface area (Å²) >= 11 is 6.40. The molecule has 2 aromatic carbocycles. The Morgan fingerprint density at radius 1 is 0.951 bits per heavy atom. The van der Waals surface area contributed by atoms with Crippen LogP contribution in [0, 0.1) is 5.92 Å². The van der Waals surface area contributed by atoms with Crippen molar-refractivity contribution in [2.45, 2.75) is 70.1 Å². The fourth-order valence-electron chi connectivity index (χ4n) is 4.64. The maximum Gasteiger partial charge on any atom is 0.316 e. The van der Waals surface area contributed by atoms with E-state index in [0.717, 1.165) is 66.6 Å². The number of benzene rings is 2. The van der Waals surface area contributed by atoms with E-state index in [0.29, 0.717) is 0 Å². The zero-order valence-electron chi connectivity index (χ0n) is 23.8. The summed E-state index contributed by atoms with van der Waals surface area (Å²) < 4.78 is 4.71.